The Bertz CT molecular complexity index is 1120. The predicted octanol–water partition coefficient (Wildman–Crippen LogP) is 4.01. The summed E-state index contributed by atoms with van der Waals surface area (Å²) in [7, 11) is 1.66. The van der Waals surface area contributed by atoms with Gasteiger partial charge in [0.05, 0.1) is 25.7 Å². The minimum absolute atomic E-state index is 0.195. The Balaban J connectivity index is 1.37. The van der Waals surface area contributed by atoms with Gasteiger partial charge in [0.2, 0.25) is 5.91 Å². The van der Waals surface area contributed by atoms with Crippen LogP contribution in [0.2, 0.25) is 0 Å². The monoisotopic (exact) mass is 460 g/mol. The highest BCUT2D eigenvalue weighted by Gasteiger charge is 2.44. The highest BCUT2D eigenvalue weighted by atomic mass is 16.5. The molecular weight excluding hydrogens is 428 g/mol. The van der Waals surface area contributed by atoms with Gasteiger partial charge in [-0.25, -0.2) is 0 Å². The molecule has 2 aromatic carbocycles. The third-order valence-corrected chi connectivity index (χ3v) is 7.25. The zero-order valence-corrected chi connectivity index (χ0v) is 19.7. The lowest BCUT2D eigenvalue weighted by Crippen LogP contribution is -2.51. The van der Waals surface area contributed by atoms with Crippen molar-refractivity contribution in [2.75, 3.05) is 46.6 Å². The molecule has 1 amide bonds. The Hall–Kier alpha value is -2.96. The molecule has 0 bridgehead atoms. The van der Waals surface area contributed by atoms with Gasteiger partial charge in [0.15, 0.2) is 0 Å². The largest absolute Gasteiger partial charge is 0.497 e. The zero-order chi connectivity index (χ0) is 23.4. The second kappa shape index (κ2) is 10.1. The number of carbonyl (C=O) groups is 1. The molecule has 0 saturated carbocycles. The van der Waals surface area contributed by atoms with E-state index in [0.717, 1.165) is 23.1 Å². The average Bonchev–Trinajstić information content (AvgIpc) is 3.14. The van der Waals surface area contributed by atoms with Crippen molar-refractivity contribution >= 4 is 16.7 Å². The van der Waals surface area contributed by atoms with Gasteiger partial charge in [0.25, 0.3) is 0 Å². The summed E-state index contributed by atoms with van der Waals surface area (Å²) in [6.45, 7) is 3.75. The number of rotatable bonds is 5. The molecule has 3 aromatic rings. The Morgan fingerprint density at radius 3 is 2.68 bits per heavy atom. The second-order valence-corrected chi connectivity index (χ2v) is 9.38. The summed E-state index contributed by atoms with van der Waals surface area (Å²) in [4.78, 5) is 20.4. The topological polar surface area (TPSA) is 60.9 Å². The molecule has 2 aliphatic rings. The van der Waals surface area contributed by atoms with Crippen LogP contribution in [0, 0.1) is 5.92 Å². The van der Waals surface area contributed by atoms with E-state index in [2.05, 4.69) is 23.2 Å². The van der Waals surface area contributed by atoms with Gasteiger partial charge < -0.3 is 19.1 Å². The molecule has 0 aliphatic carbocycles. The lowest BCUT2D eigenvalue weighted by atomic mass is 9.72. The van der Waals surface area contributed by atoms with E-state index < -0.39 is 5.41 Å². The van der Waals surface area contributed by atoms with Crippen molar-refractivity contribution in [3.05, 3.63) is 72.1 Å². The maximum atomic E-state index is 14.1. The fourth-order valence-electron chi connectivity index (χ4n) is 5.34. The van der Waals surface area contributed by atoms with Crippen LogP contribution in [0.25, 0.3) is 10.8 Å². The van der Waals surface area contributed by atoms with Gasteiger partial charge in [-0.2, -0.15) is 0 Å². The predicted molar refractivity (Wildman–Crippen MR) is 131 cm³/mol. The third-order valence-electron chi connectivity index (χ3n) is 7.25. The number of pyridine rings is 1. The van der Waals surface area contributed by atoms with Crippen LogP contribution in [0.1, 0.15) is 24.0 Å². The number of nitrogens with zero attached hydrogens (tertiary/aromatic N) is 2. The highest BCUT2D eigenvalue weighted by molar-refractivity contribution is 5.88. The van der Waals surface area contributed by atoms with Crippen LogP contribution in [-0.4, -0.2) is 62.4 Å². The second-order valence-electron chi connectivity index (χ2n) is 9.38. The van der Waals surface area contributed by atoms with Crippen molar-refractivity contribution in [1.82, 2.24) is 9.88 Å². The normalized spacial score (nSPS) is 20.6. The smallest absolute Gasteiger partial charge is 0.233 e. The van der Waals surface area contributed by atoms with Gasteiger partial charge >= 0.3 is 0 Å². The number of benzene rings is 2. The quantitative estimate of drug-likeness (QED) is 0.576. The van der Waals surface area contributed by atoms with Crippen LogP contribution < -0.4 is 4.74 Å². The number of hydrogen-bond acceptors (Lipinski definition) is 5. The van der Waals surface area contributed by atoms with Gasteiger partial charge in [-0.1, -0.05) is 30.3 Å². The van der Waals surface area contributed by atoms with Crippen LogP contribution in [0.3, 0.4) is 0 Å². The highest BCUT2D eigenvalue weighted by Crippen LogP contribution is 2.38. The molecule has 5 rings (SSSR count). The summed E-state index contributed by atoms with van der Waals surface area (Å²) in [6.07, 6.45) is 5.98. The van der Waals surface area contributed by atoms with E-state index in [1.165, 1.54) is 10.9 Å². The number of aromatic nitrogens is 1. The average molecular weight is 461 g/mol. The number of carbonyl (C=O) groups excluding carboxylic acids is 1. The van der Waals surface area contributed by atoms with Gasteiger partial charge in [0, 0.05) is 50.0 Å². The Kier molecular flexibility index (Phi) is 6.79. The molecule has 0 radical (unpaired) electrons. The number of hydrogen-bond donors (Lipinski definition) is 0. The van der Waals surface area contributed by atoms with Crippen LogP contribution in [0.15, 0.2) is 60.9 Å². The molecule has 0 unspecified atom stereocenters. The van der Waals surface area contributed by atoms with Crippen molar-refractivity contribution in [2.24, 2.45) is 5.92 Å². The van der Waals surface area contributed by atoms with Gasteiger partial charge in [-0.3, -0.25) is 9.78 Å². The van der Waals surface area contributed by atoms with Gasteiger partial charge in [0.1, 0.15) is 5.75 Å². The summed E-state index contributed by atoms with van der Waals surface area (Å²) in [6, 6.07) is 16.5. The molecule has 3 heterocycles. The lowest BCUT2D eigenvalue weighted by molar-refractivity contribution is -0.141. The third kappa shape index (κ3) is 4.65. The summed E-state index contributed by atoms with van der Waals surface area (Å²) in [5.41, 5.74) is 1.75. The van der Waals surface area contributed by atoms with Crippen LogP contribution in [0.4, 0.5) is 0 Å². The lowest BCUT2D eigenvalue weighted by Gasteiger charge is -2.40. The van der Waals surface area contributed by atoms with Crippen LogP contribution >= 0.6 is 0 Å². The first-order chi connectivity index (χ1) is 16.7. The molecule has 2 aliphatic heterocycles. The molecule has 178 valence electrons. The molecule has 1 atom stereocenters. The minimum Gasteiger partial charge on any atom is -0.497 e. The molecule has 2 saturated heterocycles. The van der Waals surface area contributed by atoms with E-state index in [1.54, 1.807) is 7.11 Å². The summed E-state index contributed by atoms with van der Waals surface area (Å²) >= 11 is 0. The SMILES string of the molecule is COc1ccc(C2(C(=O)N3CCOC[C@H](Cc4ccc5cnccc5c4)C3)CCOCC2)cc1. The zero-order valence-electron chi connectivity index (χ0n) is 19.7. The van der Waals surface area contributed by atoms with E-state index in [1.807, 2.05) is 47.6 Å². The molecular formula is C28H32N2O4. The van der Waals surface area contributed by atoms with Crippen LogP contribution in [-0.2, 0) is 26.1 Å². The van der Waals surface area contributed by atoms with E-state index in [4.69, 9.17) is 14.2 Å². The summed E-state index contributed by atoms with van der Waals surface area (Å²) in [5, 5.41) is 2.33. The fraction of sp³-hybridized carbons (Fsp3) is 0.429. The Morgan fingerprint density at radius 2 is 1.88 bits per heavy atom. The maximum Gasteiger partial charge on any atom is 0.233 e. The molecule has 6 heteroatoms. The Morgan fingerprint density at radius 1 is 1.06 bits per heavy atom. The molecule has 6 nitrogen and oxygen atoms in total. The standard InChI is InChI=1S/C28H32N2O4/c1-32-26-6-4-25(5-7-26)28(9-13-33-14-10-28)27(31)30-12-15-34-20-22(19-30)16-21-2-3-24-18-29-11-8-23(24)17-21/h2-8,11,17-18,22H,9-10,12-16,19-20H2,1H3/t22-/m1/s1. The van der Waals surface area contributed by atoms with Crippen molar-refractivity contribution in [2.45, 2.75) is 24.7 Å². The van der Waals surface area contributed by atoms with E-state index in [9.17, 15) is 4.79 Å². The molecule has 0 N–H and O–H groups in total. The first kappa shape index (κ1) is 22.8. The molecule has 34 heavy (non-hydrogen) atoms. The number of methoxy groups -OCH3 is 1. The fourth-order valence-corrected chi connectivity index (χ4v) is 5.34. The molecule has 1 aromatic heterocycles. The number of amides is 1. The van der Waals surface area contributed by atoms with Crippen molar-refractivity contribution in [3.63, 3.8) is 0 Å². The van der Waals surface area contributed by atoms with Gasteiger partial charge in [-0.05, 0) is 54.0 Å². The van der Waals surface area contributed by atoms with Crippen LogP contribution in [0.5, 0.6) is 5.75 Å². The van der Waals surface area contributed by atoms with E-state index >= 15 is 0 Å². The van der Waals surface area contributed by atoms with E-state index in [0.29, 0.717) is 52.4 Å². The summed E-state index contributed by atoms with van der Waals surface area (Å²) < 4.78 is 17.0. The van der Waals surface area contributed by atoms with Crippen molar-refractivity contribution < 1.29 is 19.0 Å². The first-order valence-corrected chi connectivity index (χ1v) is 12.1. The maximum absolute atomic E-state index is 14.1. The van der Waals surface area contributed by atoms with Crippen molar-refractivity contribution in [3.8, 4) is 5.75 Å². The first-order valence-electron chi connectivity index (χ1n) is 12.1. The Labute approximate surface area is 200 Å². The minimum atomic E-state index is -0.560. The molecule has 2 fully saturated rings. The van der Waals surface area contributed by atoms with Gasteiger partial charge in [-0.15, -0.1) is 0 Å². The molecule has 0 spiro atoms. The van der Waals surface area contributed by atoms with Crippen molar-refractivity contribution in [1.29, 1.82) is 0 Å². The number of fused-ring (bicyclic) bond motifs is 1. The summed E-state index contributed by atoms with van der Waals surface area (Å²) in [5.74, 6) is 1.24. The number of ether oxygens (including phenoxy) is 3. The van der Waals surface area contributed by atoms with E-state index in [-0.39, 0.29) is 11.8 Å².